The second-order valence-electron chi connectivity index (χ2n) is 5.11. The number of nitrogens with zero attached hydrogens (tertiary/aromatic N) is 1. The van der Waals surface area contributed by atoms with Crippen molar-refractivity contribution in [2.45, 2.75) is 37.0 Å². The highest BCUT2D eigenvalue weighted by Crippen LogP contribution is 2.31. The highest BCUT2D eigenvalue weighted by Gasteiger charge is 2.09. The summed E-state index contributed by atoms with van der Waals surface area (Å²) in [6.07, 6.45) is 6.51. The first-order valence-electron chi connectivity index (χ1n) is 7.13. The molecule has 0 radical (unpaired) electrons. The summed E-state index contributed by atoms with van der Waals surface area (Å²) in [5, 5.41) is 18.9. The lowest BCUT2D eigenvalue weighted by Gasteiger charge is -2.26. The van der Waals surface area contributed by atoms with Crippen molar-refractivity contribution >= 4 is 11.8 Å². The van der Waals surface area contributed by atoms with Crippen molar-refractivity contribution in [2.24, 2.45) is 0 Å². The molecule has 4 heteroatoms. The fourth-order valence-electron chi connectivity index (χ4n) is 2.43. The average molecular weight is 281 g/mol. The molecular formula is C15H23NO2S. The second kappa shape index (κ2) is 7.65. The van der Waals surface area contributed by atoms with E-state index < -0.39 is 0 Å². The van der Waals surface area contributed by atoms with Gasteiger partial charge < -0.3 is 15.1 Å². The molecule has 0 unspecified atom stereocenters. The number of hydrogen-bond donors (Lipinski definition) is 2. The Bertz CT molecular complexity index is 392. The summed E-state index contributed by atoms with van der Waals surface area (Å²) in [7, 11) is 0. The van der Waals surface area contributed by atoms with E-state index in [0.717, 1.165) is 10.6 Å². The molecule has 0 atom stereocenters. The van der Waals surface area contributed by atoms with Crippen LogP contribution >= 0.6 is 11.8 Å². The summed E-state index contributed by atoms with van der Waals surface area (Å²) in [5.74, 6) is 1.32. The Balaban J connectivity index is 1.61. The van der Waals surface area contributed by atoms with Gasteiger partial charge in [0.2, 0.25) is 0 Å². The van der Waals surface area contributed by atoms with Gasteiger partial charge in [0.05, 0.1) is 0 Å². The monoisotopic (exact) mass is 281 g/mol. The van der Waals surface area contributed by atoms with Crippen LogP contribution in [0.5, 0.6) is 11.5 Å². The van der Waals surface area contributed by atoms with E-state index in [1.807, 2.05) is 0 Å². The molecule has 1 saturated heterocycles. The number of aromatic hydroxyl groups is 2. The van der Waals surface area contributed by atoms with Crippen LogP contribution in [0.3, 0.4) is 0 Å². The predicted octanol–water partition coefficient (Wildman–Crippen LogP) is 3.46. The lowest BCUT2D eigenvalue weighted by atomic mass is 10.1. The topological polar surface area (TPSA) is 43.7 Å². The van der Waals surface area contributed by atoms with Crippen LogP contribution < -0.4 is 0 Å². The van der Waals surface area contributed by atoms with Crippen molar-refractivity contribution in [1.82, 2.24) is 4.90 Å². The third-order valence-electron chi connectivity index (χ3n) is 3.52. The van der Waals surface area contributed by atoms with Crippen molar-refractivity contribution in [2.75, 3.05) is 25.4 Å². The third-order valence-corrected chi connectivity index (χ3v) is 4.67. The lowest BCUT2D eigenvalue weighted by molar-refractivity contribution is 0.226. The molecule has 0 spiro atoms. The number of rotatable bonds is 6. The van der Waals surface area contributed by atoms with Gasteiger partial charge in [-0.15, -0.1) is 11.8 Å². The van der Waals surface area contributed by atoms with Crippen LogP contribution in [0.2, 0.25) is 0 Å². The first kappa shape index (κ1) is 14.5. The Morgan fingerprint density at radius 3 is 2.58 bits per heavy atom. The molecule has 0 amide bonds. The van der Waals surface area contributed by atoms with E-state index in [1.165, 1.54) is 57.8 Å². The highest BCUT2D eigenvalue weighted by molar-refractivity contribution is 7.99. The van der Waals surface area contributed by atoms with Crippen LogP contribution in [0.4, 0.5) is 0 Å². The zero-order valence-corrected chi connectivity index (χ0v) is 12.2. The molecule has 19 heavy (non-hydrogen) atoms. The van der Waals surface area contributed by atoms with Crippen LogP contribution in [0.1, 0.15) is 32.1 Å². The number of phenols is 2. The molecule has 0 aliphatic carbocycles. The van der Waals surface area contributed by atoms with Gasteiger partial charge in [-0.1, -0.05) is 6.42 Å². The van der Waals surface area contributed by atoms with Gasteiger partial charge in [0, 0.05) is 11.0 Å². The van der Waals surface area contributed by atoms with Gasteiger partial charge in [-0.3, -0.25) is 0 Å². The van der Waals surface area contributed by atoms with Crippen LogP contribution in [0.15, 0.2) is 23.1 Å². The third kappa shape index (κ3) is 4.96. The molecule has 1 aromatic carbocycles. The second-order valence-corrected chi connectivity index (χ2v) is 6.25. The van der Waals surface area contributed by atoms with E-state index in [1.54, 1.807) is 23.9 Å². The Kier molecular flexibility index (Phi) is 5.86. The van der Waals surface area contributed by atoms with E-state index in [4.69, 9.17) is 0 Å². The van der Waals surface area contributed by atoms with Gasteiger partial charge in [-0.2, -0.15) is 0 Å². The molecule has 0 aromatic heterocycles. The number of hydrogen-bond acceptors (Lipinski definition) is 4. The van der Waals surface area contributed by atoms with Crippen LogP contribution in [-0.2, 0) is 0 Å². The standard InChI is InChI=1S/C15H23NO2S/c17-13-6-7-15(14(18)12-13)19-11-5-4-10-16-8-2-1-3-9-16/h6-7,12,17-18H,1-5,8-11H2. The quantitative estimate of drug-likeness (QED) is 0.619. The van der Waals surface area contributed by atoms with Crippen molar-refractivity contribution in [3.63, 3.8) is 0 Å². The average Bonchev–Trinajstić information content (AvgIpc) is 2.42. The van der Waals surface area contributed by atoms with Crippen molar-refractivity contribution in [1.29, 1.82) is 0 Å². The summed E-state index contributed by atoms with van der Waals surface area (Å²) >= 11 is 1.66. The zero-order valence-electron chi connectivity index (χ0n) is 11.3. The van der Waals surface area contributed by atoms with Gasteiger partial charge in [0.15, 0.2) is 0 Å². The molecule has 1 fully saturated rings. The molecule has 1 aliphatic rings. The molecule has 1 aromatic rings. The van der Waals surface area contributed by atoms with E-state index in [9.17, 15) is 10.2 Å². The summed E-state index contributed by atoms with van der Waals surface area (Å²) < 4.78 is 0. The van der Waals surface area contributed by atoms with Crippen molar-refractivity contribution in [3.8, 4) is 11.5 Å². The molecule has 0 bridgehead atoms. The lowest BCUT2D eigenvalue weighted by Crippen LogP contribution is -2.30. The minimum atomic E-state index is 0.118. The summed E-state index contributed by atoms with van der Waals surface area (Å²) in [5.41, 5.74) is 0. The molecule has 1 heterocycles. The van der Waals surface area contributed by atoms with E-state index in [0.29, 0.717) is 0 Å². The van der Waals surface area contributed by atoms with Gasteiger partial charge >= 0.3 is 0 Å². The largest absolute Gasteiger partial charge is 0.508 e. The fraction of sp³-hybridized carbons (Fsp3) is 0.600. The first-order chi connectivity index (χ1) is 9.25. The molecule has 0 saturated carbocycles. The maximum atomic E-state index is 9.66. The Labute approximate surface area is 119 Å². The van der Waals surface area contributed by atoms with Gasteiger partial charge in [-0.25, -0.2) is 0 Å². The summed E-state index contributed by atoms with van der Waals surface area (Å²) in [4.78, 5) is 3.42. The highest BCUT2D eigenvalue weighted by atomic mass is 32.2. The summed E-state index contributed by atoms with van der Waals surface area (Å²) in [6, 6.07) is 4.80. The first-order valence-corrected chi connectivity index (χ1v) is 8.11. The number of unbranched alkanes of at least 4 members (excludes halogenated alkanes) is 1. The maximum absolute atomic E-state index is 9.66. The number of likely N-dealkylation sites (tertiary alicyclic amines) is 1. The molecular weight excluding hydrogens is 258 g/mol. The predicted molar refractivity (Wildman–Crippen MR) is 80.0 cm³/mol. The Hall–Kier alpha value is -0.870. The van der Waals surface area contributed by atoms with Gasteiger partial charge in [-0.05, 0) is 63.2 Å². The van der Waals surface area contributed by atoms with Crippen LogP contribution in [0, 0.1) is 0 Å². The SMILES string of the molecule is Oc1ccc(SCCCCN2CCCCC2)c(O)c1. The van der Waals surface area contributed by atoms with Crippen LogP contribution in [0.25, 0.3) is 0 Å². The Morgan fingerprint density at radius 2 is 1.84 bits per heavy atom. The summed E-state index contributed by atoms with van der Waals surface area (Å²) in [6.45, 7) is 3.75. The van der Waals surface area contributed by atoms with Gasteiger partial charge in [0.25, 0.3) is 0 Å². The van der Waals surface area contributed by atoms with E-state index in [-0.39, 0.29) is 11.5 Å². The minimum absolute atomic E-state index is 0.118. The van der Waals surface area contributed by atoms with E-state index >= 15 is 0 Å². The van der Waals surface area contributed by atoms with E-state index in [2.05, 4.69) is 4.90 Å². The number of benzene rings is 1. The van der Waals surface area contributed by atoms with Crippen molar-refractivity contribution in [3.05, 3.63) is 18.2 Å². The fourth-order valence-corrected chi connectivity index (χ4v) is 3.37. The zero-order chi connectivity index (χ0) is 13.5. The van der Waals surface area contributed by atoms with Crippen LogP contribution in [-0.4, -0.2) is 40.5 Å². The molecule has 3 nitrogen and oxygen atoms in total. The number of phenolic OH excluding ortho intramolecular Hbond substituents is 2. The molecule has 2 rings (SSSR count). The molecule has 106 valence electrons. The Morgan fingerprint density at radius 1 is 1.05 bits per heavy atom. The minimum Gasteiger partial charge on any atom is -0.508 e. The smallest absolute Gasteiger partial charge is 0.132 e. The number of thioether (sulfide) groups is 1. The molecule has 1 aliphatic heterocycles. The molecule has 2 N–H and O–H groups in total. The maximum Gasteiger partial charge on any atom is 0.132 e. The number of piperidine rings is 1. The van der Waals surface area contributed by atoms with Crippen molar-refractivity contribution < 1.29 is 10.2 Å². The van der Waals surface area contributed by atoms with Gasteiger partial charge in [0.1, 0.15) is 11.5 Å². The normalized spacial score (nSPS) is 16.6.